The summed E-state index contributed by atoms with van der Waals surface area (Å²) in [5.74, 6) is 0.758. The van der Waals surface area contributed by atoms with Crippen molar-refractivity contribution in [1.29, 1.82) is 0 Å². The third-order valence-corrected chi connectivity index (χ3v) is 4.87. The van der Waals surface area contributed by atoms with E-state index in [1.807, 2.05) is 6.20 Å². The molecule has 1 fully saturated rings. The predicted octanol–water partition coefficient (Wildman–Crippen LogP) is 5.03. The minimum absolute atomic E-state index is 0.532. The van der Waals surface area contributed by atoms with Gasteiger partial charge in [0.15, 0.2) is 0 Å². The van der Waals surface area contributed by atoms with Crippen LogP contribution in [0.3, 0.4) is 0 Å². The topological polar surface area (TPSA) is 37.8 Å². The van der Waals surface area contributed by atoms with Gasteiger partial charge in [-0.3, -0.25) is 0 Å². The molecule has 0 amide bonds. The zero-order valence-corrected chi connectivity index (χ0v) is 14.4. The lowest BCUT2D eigenvalue weighted by Crippen LogP contribution is -2.23. The van der Waals surface area contributed by atoms with Gasteiger partial charge in [0.2, 0.25) is 5.95 Å². The second-order valence-electron chi connectivity index (χ2n) is 5.31. The molecule has 0 saturated heterocycles. The summed E-state index contributed by atoms with van der Waals surface area (Å²) in [6, 6.07) is 4.70. The van der Waals surface area contributed by atoms with Crippen LogP contribution in [0.25, 0.3) is 10.9 Å². The number of halogens is 2. The van der Waals surface area contributed by atoms with Crippen molar-refractivity contribution in [2.45, 2.75) is 43.5 Å². The van der Waals surface area contributed by atoms with Crippen LogP contribution in [0.5, 0.6) is 0 Å². The molecule has 5 heteroatoms. The summed E-state index contributed by atoms with van der Waals surface area (Å²) in [5.41, 5.74) is 2.21. The third-order valence-electron chi connectivity index (χ3n) is 3.81. The molecule has 2 aromatic rings. The van der Waals surface area contributed by atoms with Gasteiger partial charge in [0.1, 0.15) is 0 Å². The minimum Gasteiger partial charge on any atom is -0.351 e. The van der Waals surface area contributed by atoms with Crippen molar-refractivity contribution < 1.29 is 0 Å². The van der Waals surface area contributed by atoms with E-state index in [9.17, 15) is 0 Å². The number of nitrogens with one attached hydrogen (secondary N) is 1. The first kappa shape index (κ1) is 14.3. The van der Waals surface area contributed by atoms with Crippen molar-refractivity contribution in [1.82, 2.24) is 9.97 Å². The zero-order valence-electron chi connectivity index (χ0n) is 11.2. The van der Waals surface area contributed by atoms with Gasteiger partial charge in [-0.2, -0.15) is 0 Å². The highest BCUT2D eigenvalue weighted by molar-refractivity contribution is 9.10. The summed E-state index contributed by atoms with van der Waals surface area (Å²) < 4.78 is 1.07. The second-order valence-corrected chi connectivity index (χ2v) is 6.79. The number of benzene rings is 1. The highest BCUT2D eigenvalue weighted by atomic mass is 79.9. The van der Waals surface area contributed by atoms with E-state index in [0.29, 0.717) is 6.04 Å². The van der Waals surface area contributed by atoms with E-state index in [4.69, 9.17) is 4.98 Å². The molecule has 1 saturated carbocycles. The predicted molar refractivity (Wildman–Crippen MR) is 90.4 cm³/mol. The van der Waals surface area contributed by atoms with E-state index in [0.717, 1.165) is 26.7 Å². The van der Waals surface area contributed by atoms with Crippen molar-refractivity contribution in [2.24, 2.45) is 0 Å². The lowest BCUT2D eigenvalue weighted by atomic mass is 9.96. The summed E-state index contributed by atoms with van der Waals surface area (Å²) in [5, 5.41) is 5.36. The minimum atomic E-state index is 0.532. The van der Waals surface area contributed by atoms with Gasteiger partial charge >= 0.3 is 0 Å². The monoisotopic (exact) mass is 397 g/mol. The third kappa shape index (κ3) is 3.14. The van der Waals surface area contributed by atoms with E-state index < -0.39 is 0 Å². The molecule has 0 unspecified atom stereocenters. The van der Waals surface area contributed by atoms with E-state index in [1.165, 1.54) is 37.7 Å². The van der Waals surface area contributed by atoms with Crippen LogP contribution >= 0.6 is 31.9 Å². The number of hydrogen-bond donors (Lipinski definition) is 1. The molecule has 1 aliphatic rings. The van der Waals surface area contributed by atoms with Gasteiger partial charge in [-0.15, -0.1) is 0 Å². The van der Waals surface area contributed by atoms with E-state index >= 15 is 0 Å². The number of anilines is 1. The molecule has 3 nitrogen and oxygen atoms in total. The van der Waals surface area contributed by atoms with Crippen LogP contribution in [0.15, 0.2) is 22.8 Å². The van der Waals surface area contributed by atoms with Crippen molar-refractivity contribution >= 4 is 48.7 Å². The number of hydrogen-bond acceptors (Lipinski definition) is 3. The van der Waals surface area contributed by atoms with Crippen molar-refractivity contribution in [3.63, 3.8) is 0 Å². The van der Waals surface area contributed by atoms with E-state index in [1.54, 1.807) is 0 Å². The van der Waals surface area contributed by atoms with Gasteiger partial charge in [-0.25, -0.2) is 9.97 Å². The average molecular weight is 399 g/mol. The first-order valence-electron chi connectivity index (χ1n) is 7.04. The molecule has 0 bridgehead atoms. The first-order chi connectivity index (χ1) is 9.76. The van der Waals surface area contributed by atoms with Gasteiger partial charge in [-0.1, -0.05) is 51.1 Å². The van der Waals surface area contributed by atoms with Crippen molar-refractivity contribution in [2.75, 3.05) is 5.32 Å². The highest BCUT2D eigenvalue weighted by Crippen LogP contribution is 2.26. The van der Waals surface area contributed by atoms with Gasteiger partial charge in [-0.05, 0) is 30.5 Å². The highest BCUT2D eigenvalue weighted by Gasteiger charge is 2.14. The Kier molecular flexibility index (Phi) is 4.56. The summed E-state index contributed by atoms with van der Waals surface area (Å²) in [7, 11) is 0. The van der Waals surface area contributed by atoms with Gasteiger partial charge < -0.3 is 5.32 Å². The maximum atomic E-state index is 4.71. The zero-order chi connectivity index (χ0) is 13.9. The van der Waals surface area contributed by atoms with E-state index in [-0.39, 0.29) is 0 Å². The molecule has 1 heterocycles. The van der Waals surface area contributed by atoms with E-state index in [2.05, 4.69) is 54.3 Å². The van der Waals surface area contributed by atoms with Gasteiger partial charge in [0.25, 0.3) is 0 Å². The van der Waals surface area contributed by atoms with Gasteiger partial charge in [0, 0.05) is 27.4 Å². The Morgan fingerprint density at radius 2 is 2.00 bits per heavy atom. The maximum absolute atomic E-state index is 4.71. The molecule has 3 rings (SSSR count). The largest absolute Gasteiger partial charge is 0.351 e. The van der Waals surface area contributed by atoms with Crippen molar-refractivity contribution in [3.8, 4) is 0 Å². The smallest absolute Gasteiger partial charge is 0.223 e. The summed E-state index contributed by atoms with van der Waals surface area (Å²) in [6.07, 6.45) is 8.35. The molecular weight excluding hydrogens is 382 g/mol. The molecule has 0 aliphatic heterocycles. The van der Waals surface area contributed by atoms with Crippen LogP contribution in [0.1, 0.15) is 37.7 Å². The Hall–Kier alpha value is -0.680. The average Bonchev–Trinajstić information content (AvgIpc) is 2.48. The Labute approximate surface area is 135 Å². The molecule has 106 valence electrons. The molecule has 1 aromatic heterocycles. The van der Waals surface area contributed by atoms with Crippen LogP contribution < -0.4 is 5.32 Å². The summed E-state index contributed by atoms with van der Waals surface area (Å²) in [6.45, 7) is 0. The Morgan fingerprint density at radius 1 is 1.20 bits per heavy atom. The standard InChI is InChI=1S/C15H17Br2N3/c16-8-10-6-12(17)7-11-9-18-15(20-14(10)11)19-13-4-2-1-3-5-13/h6-7,9,13H,1-5,8H2,(H,18,19,20). The molecule has 0 spiro atoms. The molecule has 1 aliphatic carbocycles. The summed E-state index contributed by atoms with van der Waals surface area (Å²) >= 11 is 7.06. The van der Waals surface area contributed by atoms with Crippen LogP contribution in [0.2, 0.25) is 0 Å². The van der Waals surface area contributed by atoms with Crippen molar-refractivity contribution in [3.05, 3.63) is 28.4 Å². The van der Waals surface area contributed by atoms with Gasteiger partial charge in [0.05, 0.1) is 5.52 Å². The number of rotatable bonds is 3. The lowest BCUT2D eigenvalue weighted by molar-refractivity contribution is 0.461. The Balaban J connectivity index is 1.91. The SMILES string of the molecule is BrCc1cc(Br)cc2cnc(NC3CCCCC3)nc12. The first-order valence-corrected chi connectivity index (χ1v) is 8.95. The molecule has 0 radical (unpaired) electrons. The second kappa shape index (κ2) is 6.39. The molecule has 1 aromatic carbocycles. The fourth-order valence-corrected chi connectivity index (χ4v) is 3.73. The number of alkyl halides is 1. The molecule has 0 atom stereocenters. The molecule has 1 N–H and O–H groups in total. The maximum Gasteiger partial charge on any atom is 0.223 e. The van der Waals surface area contributed by atoms with Crippen LogP contribution in [-0.2, 0) is 5.33 Å². The fourth-order valence-electron chi connectivity index (χ4n) is 2.78. The molecule has 20 heavy (non-hydrogen) atoms. The van der Waals surface area contributed by atoms with Crippen LogP contribution in [-0.4, -0.2) is 16.0 Å². The Morgan fingerprint density at radius 3 is 2.75 bits per heavy atom. The quantitative estimate of drug-likeness (QED) is 0.736. The summed E-state index contributed by atoms with van der Waals surface area (Å²) in [4.78, 5) is 9.17. The number of nitrogens with zero attached hydrogens (tertiary/aromatic N) is 2. The Bertz CT molecular complexity index is 609. The van der Waals surface area contributed by atoms with Crippen LogP contribution in [0, 0.1) is 0 Å². The normalized spacial score (nSPS) is 16.5. The number of aromatic nitrogens is 2. The number of fused-ring (bicyclic) bond motifs is 1. The fraction of sp³-hybridized carbons (Fsp3) is 0.467. The van der Waals surface area contributed by atoms with Crippen LogP contribution in [0.4, 0.5) is 5.95 Å². The lowest BCUT2D eigenvalue weighted by Gasteiger charge is -2.22. The molecular formula is C15H17Br2N3.